The molecule has 2 unspecified atom stereocenters. The fraction of sp³-hybridized carbons (Fsp3) is 0.625. The topological polar surface area (TPSA) is 43.7 Å². The molecule has 0 spiro atoms. The van der Waals surface area contributed by atoms with Crippen molar-refractivity contribution in [3.8, 4) is 0 Å². The molecular weight excluding hydrogens is 238 g/mol. The summed E-state index contributed by atoms with van der Waals surface area (Å²) in [7, 11) is 0. The highest BCUT2D eigenvalue weighted by atomic mass is 16.3. The maximum absolute atomic E-state index is 10.7. The van der Waals surface area contributed by atoms with Crippen LogP contribution in [-0.2, 0) is 5.60 Å². The van der Waals surface area contributed by atoms with Gasteiger partial charge in [0.15, 0.2) is 0 Å². The largest absolute Gasteiger partial charge is 0.396 e. The van der Waals surface area contributed by atoms with Crippen LogP contribution in [0.25, 0.3) is 0 Å². The third-order valence-electron chi connectivity index (χ3n) is 4.10. The van der Waals surface area contributed by atoms with Crippen LogP contribution in [0.1, 0.15) is 38.2 Å². The van der Waals surface area contributed by atoms with Crippen molar-refractivity contribution in [1.82, 2.24) is 4.90 Å². The van der Waals surface area contributed by atoms with Gasteiger partial charge in [0.25, 0.3) is 0 Å². The number of hydrogen-bond donors (Lipinski definition) is 2. The molecule has 2 atom stereocenters. The zero-order valence-corrected chi connectivity index (χ0v) is 11.8. The van der Waals surface area contributed by atoms with E-state index in [-0.39, 0.29) is 6.61 Å². The molecule has 0 aliphatic carbocycles. The number of benzene rings is 1. The van der Waals surface area contributed by atoms with Gasteiger partial charge in [-0.2, -0.15) is 0 Å². The van der Waals surface area contributed by atoms with Crippen LogP contribution in [0.15, 0.2) is 30.3 Å². The highest BCUT2D eigenvalue weighted by Crippen LogP contribution is 2.28. The Morgan fingerprint density at radius 2 is 2.05 bits per heavy atom. The van der Waals surface area contributed by atoms with Gasteiger partial charge in [0, 0.05) is 19.2 Å². The number of likely N-dealkylation sites (tertiary alicyclic amines) is 1. The Morgan fingerprint density at radius 3 is 2.74 bits per heavy atom. The van der Waals surface area contributed by atoms with Crippen LogP contribution in [0.3, 0.4) is 0 Å². The molecule has 0 radical (unpaired) electrons. The van der Waals surface area contributed by atoms with Crippen LogP contribution >= 0.6 is 0 Å². The molecular formula is C16H25NO2. The third-order valence-corrected chi connectivity index (χ3v) is 4.10. The van der Waals surface area contributed by atoms with Gasteiger partial charge in [-0.25, -0.2) is 0 Å². The normalized spacial score (nSPS) is 23.4. The molecule has 2 rings (SSSR count). The van der Waals surface area contributed by atoms with Crippen molar-refractivity contribution in [2.75, 3.05) is 19.7 Å². The Bertz CT molecular complexity index is 378. The fourth-order valence-electron chi connectivity index (χ4n) is 3.04. The second kappa shape index (κ2) is 6.51. The van der Waals surface area contributed by atoms with E-state index in [1.165, 1.54) is 12.8 Å². The first-order chi connectivity index (χ1) is 9.13. The van der Waals surface area contributed by atoms with Crippen LogP contribution in [0.4, 0.5) is 0 Å². The molecule has 3 nitrogen and oxygen atoms in total. The summed E-state index contributed by atoms with van der Waals surface area (Å²) < 4.78 is 0. The Kier molecular flexibility index (Phi) is 4.97. The lowest BCUT2D eigenvalue weighted by molar-refractivity contribution is 0.0104. The number of aliphatic hydroxyl groups excluding tert-OH is 1. The molecule has 1 saturated heterocycles. The van der Waals surface area contributed by atoms with Crippen molar-refractivity contribution < 1.29 is 10.2 Å². The van der Waals surface area contributed by atoms with Crippen molar-refractivity contribution >= 4 is 0 Å². The second-order valence-corrected chi connectivity index (χ2v) is 5.77. The van der Waals surface area contributed by atoms with E-state index in [1.807, 2.05) is 37.3 Å². The summed E-state index contributed by atoms with van der Waals surface area (Å²) in [5, 5.41) is 19.7. The van der Waals surface area contributed by atoms with Gasteiger partial charge in [0.2, 0.25) is 0 Å². The van der Waals surface area contributed by atoms with Gasteiger partial charge in [0.05, 0.1) is 5.60 Å². The van der Waals surface area contributed by atoms with E-state index in [0.717, 1.165) is 24.9 Å². The van der Waals surface area contributed by atoms with Crippen LogP contribution in [0, 0.1) is 0 Å². The zero-order valence-electron chi connectivity index (χ0n) is 11.8. The van der Waals surface area contributed by atoms with Gasteiger partial charge in [-0.1, -0.05) is 30.3 Å². The minimum atomic E-state index is -0.803. The monoisotopic (exact) mass is 263 g/mol. The Balaban J connectivity index is 1.99. The van der Waals surface area contributed by atoms with E-state index in [2.05, 4.69) is 4.90 Å². The van der Waals surface area contributed by atoms with Crippen LogP contribution < -0.4 is 0 Å². The summed E-state index contributed by atoms with van der Waals surface area (Å²) in [4.78, 5) is 2.38. The van der Waals surface area contributed by atoms with E-state index < -0.39 is 5.60 Å². The molecule has 0 bridgehead atoms. The highest BCUT2D eigenvalue weighted by Gasteiger charge is 2.32. The Hall–Kier alpha value is -0.900. The number of rotatable bonds is 6. The van der Waals surface area contributed by atoms with Crippen molar-refractivity contribution in [3.63, 3.8) is 0 Å². The standard InChI is InChI=1S/C16H25NO2/c1-16(19,14-7-3-2-4-8-14)13-17-11-5-9-15(17)10-6-12-18/h2-4,7-8,15,18-19H,5-6,9-13H2,1H3. The average molecular weight is 263 g/mol. The predicted molar refractivity (Wildman–Crippen MR) is 76.9 cm³/mol. The van der Waals surface area contributed by atoms with Crippen molar-refractivity contribution in [3.05, 3.63) is 35.9 Å². The summed E-state index contributed by atoms with van der Waals surface area (Å²) >= 11 is 0. The van der Waals surface area contributed by atoms with E-state index >= 15 is 0 Å². The molecule has 3 heteroatoms. The van der Waals surface area contributed by atoms with Gasteiger partial charge in [-0.15, -0.1) is 0 Å². The van der Waals surface area contributed by atoms with Crippen LogP contribution in [0.2, 0.25) is 0 Å². The van der Waals surface area contributed by atoms with Crippen molar-refractivity contribution in [1.29, 1.82) is 0 Å². The van der Waals surface area contributed by atoms with E-state index in [0.29, 0.717) is 12.6 Å². The Morgan fingerprint density at radius 1 is 1.32 bits per heavy atom. The van der Waals surface area contributed by atoms with E-state index in [9.17, 15) is 5.11 Å². The summed E-state index contributed by atoms with van der Waals surface area (Å²) in [5.41, 5.74) is 0.172. The van der Waals surface area contributed by atoms with Gasteiger partial charge in [-0.05, 0) is 44.7 Å². The SMILES string of the molecule is CC(O)(CN1CCCC1CCCO)c1ccccc1. The molecule has 2 N–H and O–H groups in total. The molecule has 1 aromatic carbocycles. The fourth-order valence-corrected chi connectivity index (χ4v) is 3.04. The molecule has 0 aromatic heterocycles. The first-order valence-corrected chi connectivity index (χ1v) is 7.26. The zero-order chi connectivity index (χ0) is 13.7. The summed E-state index contributed by atoms with van der Waals surface area (Å²) in [6.07, 6.45) is 4.27. The lowest BCUT2D eigenvalue weighted by atomic mass is 9.95. The second-order valence-electron chi connectivity index (χ2n) is 5.77. The molecule has 106 valence electrons. The third kappa shape index (κ3) is 3.78. The lowest BCUT2D eigenvalue weighted by Crippen LogP contribution is -2.41. The molecule has 1 heterocycles. The van der Waals surface area contributed by atoms with E-state index in [4.69, 9.17) is 5.11 Å². The van der Waals surface area contributed by atoms with Gasteiger partial charge in [-0.3, -0.25) is 4.90 Å². The first-order valence-electron chi connectivity index (χ1n) is 7.26. The average Bonchev–Trinajstić information content (AvgIpc) is 2.84. The van der Waals surface area contributed by atoms with Crippen molar-refractivity contribution in [2.24, 2.45) is 0 Å². The summed E-state index contributed by atoms with van der Waals surface area (Å²) in [6, 6.07) is 10.4. The van der Waals surface area contributed by atoms with Crippen LogP contribution in [-0.4, -0.2) is 40.9 Å². The molecule has 1 aliphatic heterocycles. The molecule has 1 fully saturated rings. The maximum Gasteiger partial charge on any atom is 0.0994 e. The number of nitrogens with zero attached hydrogens (tertiary/aromatic N) is 1. The molecule has 1 aliphatic rings. The highest BCUT2D eigenvalue weighted by molar-refractivity contribution is 5.22. The minimum absolute atomic E-state index is 0.263. The number of β-amino-alcohol motifs (C(OH)–C–C–N with tert-alkyl or cyclic N) is 1. The summed E-state index contributed by atoms with van der Waals surface area (Å²) in [5.74, 6) is 0. The summed E-state index contributed by atoms with van der Waals surface area (Å²) in [6.45, 7) is 3.88. The van der Waals surface area contributed by atoms with E-state index in [1.54, 1.807) is 0 Å². The Labute approximate surface area is 115 Å². The number of aliphatic hydroxyl groups is 2. The molecule has 0 amide bonds. The maximum atomic E-state index is 10.7. The van der Waals surface area contributed by atoms with Gasteiger partial charge >= 0.3 is 0 Å². The molecule has 19 heavy (non-hydrogen) atoms. The molecule has 1 aromatic rings. The smallest absolute Gasteiger partial charge is 0.0994 e. The van der Waals surface area contributed by atoms with Crippen LogP contribution in [0.5, 0.6) is 0 Å². The van der Waals surface area contributed by atoms with Gasteiger partial charge in [0.1, 0.15) is 0 Å². The minimum Gasteiger partial charge on any atom is -0.396 e. The quantitative estimate of drug-likeness (QED) is 0.826. The van der Waals surface area contributed by atoms with Gasteiger partial charge < -0.3 is 10.2 Å². The number of hydrogen-bond acceptors (Lipinski definition) is 3. The predicted octanol–water partition coefficient (Wildman–Crippen LogP) is 2.13. The first kappa shape index (κ1) is 14.5. The lowest BCUT2D eigenvalue weighted by Gasteiger charge is -2.33. The molecule has 0 saturated carbocycles. The van der Waals surface area contributed by atoms with Crippen molar-refractivity contribution in [2.45, 2.75) is 44.2 Å².